The smallest absolute Gasteiger partial charge is 0.340 e. The van der Waals surface area contributed by atoms with Crippen LogP contribution in [0.1, 0.15) is 44.7 Å². The van der Waals surface area contributed by atoms with E-state index in [2.05, 4.69) is 0 Å². The van der Waals surface area contributed by atoms with Crippen LogP contribution in [0.2, 0.25) is 5.02 Å². The third-order valence-corrected chi connectivity index (χ3v) is 4.47. The zero-order valence-corrected chi connectivity index (χ0v) is 13.9. The first kappa shape index (κ1) is 16.5. The molecule has 124 valence electrons. The Morgan fingerprint density at radius 2 is 1.79 bits per heavy atom. The van der Waals surface area contributed by atoms with Crippen molar-refractivity contribution in [1.29, 1.82) is 0 Å². The molecule has 0 aliphatic heterocycles. The number of carbonyl (C=O) groups is 2. The third-order valence-electron chi connectivity index (χ3n) is 4.24. The fraction of sp³-hybridized carbons (Fsp3) is 0.263. The minimum absolute atomic E-state index is 0.206. The number of nitrogen functional groups attached to an aromatic ring is 1. The van der Waals surface area contributed by atoms with Gasteiger partial charge in [-0.25, -0.2) is 4.79 Å². The molecule has 0 heterocycles. The molecule has 4 nitrogen and oxygen atoms in total. The van der Waals surface area contributed by atoms with Crippen LogP contribution in [0.3, 0.4) is 0 Å². The van der Waals surface area contributed by atoms with Gasteiger partial charge in [0.15, 0.2) is 12.4 Å². The van der Waals surface area contributed by atoms with E-state index in [4.69, 9.17) is 22.1 Å². The van der Waals surface area contributed by atoms with Gasteiger partial charge in [0, 0.05) is 16.3 Å². The highest BCUT2D eigenvalue weighted by Crippen LogP contribution is 2.23. The van der Waals surface area contributed by atoms with Crippen molar-refractivity contribution < 1.29 is 14.3 Å². The molecule has 0 bridgehead atoms. The summed E-state index contributed by atoms with van der Waals surface area (Å²) < 4.78 is 5.10. The molecule has 2 N–H and O–H groups in total. The third kappa shape index (κ3) is 3.60. The number of nitrogens with two attached hydrogens (primary N) is 1. The van der Waals surface area contributed by atoms with Gasteiger partial charge in [-0.15, -0.1) is 0 Å². The lowest BCUT2D eigenvalue weighted by molar-refractivity contribution is 0.0476. The minimum atomic E-state index is -0.629. The van der Waals surface area contributed by atoms with Crippen molar-refractivity contribution in [3.8, 4) is 0 Å². The molecule has 0 unspecified atom stereocenters. The quantitative estimate of drug-likeness (QED) is 0.520. The Bertz CT molecular complexity index is 801. The highest BCUT2D eigenvalue weighted by Gasteiger charge is 2.16. The molecule has 2 aromatic carbocycles. The monoisotopic (exact) mass is 343 g/mol. The number of ketones is 1. The van der Waals surface area contributed by atoms with Gasteiger partial charge in [0.2, 0.25) is 0 Å². The topological polar surface area (TPSA) is 69.4 Å². The molecule has 24 heavy (non-hydrogen) atoms. The average molecular weight is 344 g/mol. The lowest BCUT2D eigenvalue weighted by atomic mass is 9.90. The molecule has 5 heteroatoms. The second-order valence-electron chi connectivity index (χ2n) is 5.92. The summed E-state index contributed by atoms with van der Waals surface area (Å²) in [5.41, 5.74) is 9.29. The molecule has 3 rings (SSSR count). The van der Waals surface area contributed by atoms with Gasteiger partial charge in [0.05, 0.1) is 5.56 Å². The van der Waals surface area contributed by atoms with Gasteiger partial charge in [-0.2, -0.15) is 0 Å². The second kappa shape index (κ2) is 7.05. The molecule has 0 spiro atoms. The minimum Gasteiger partial charge on any atom is -0.454 e. The van der Waals surface area contributed by atoms with Crippen LogP contribution in [0.5, 0.6) is 0 Å². The van der Waals surface area contributed by atoms with Crippen molar-refractivity contribution in [3.05, 3.63) is 63.7 Å². The number of Topliss-reactive ketones (excluding diaryl/α,β-unsaturated/α-hetero) is 1. The van der Waals surface area contributed by atoms with Crippen LogP contribution in [-0.2, 0) is 17.6 Å². The number of hydrogen-bond donors (Lipinski definition) is 1. The summed E-state index contributed by atoms with van der Waals surface area (Å²) in [5, 5.41) is 0.439. The Labute approximate surface area is 145 Å². The Hall–Kier alpha value is -2.33. The standard InChI is InChI=1S/C19H18ClNO3/c20-15-7-8-16(17(21)10-15)19(23)24-11-18(22)14-6-5-12-3-1-2-4-13(12)9-14/h5-10H,1-4,11,21H2. The Morgan fingerprint density at radius 3 is 2.54 bits per heavy atom. The second-order valence-corrected chi connectivity index (χ2v) is 6.36. The average Bonchev–Trinajstić information content (AvgIpc) is 2.59. The summed E-state index contributed by atoms with van der Waals surface area (Å²) in [5.74, 6) is -0.847. The van der Waals surface area contributed by atoms with Crippen molar-refractivity contribution >= 4 is 29.0 Å². The van der Waals surface area contributed by atoms with E-state index in [1.54, 1.807) is 12.1 Å². The number of aryl methyl sites for hydroxylation is 2. The number of carbonyl (C=O) groups excluding carboxylic acids is 2. The van der Waals surface area contributed by atoms with E-state index in [0.29, 0.717) is 10.6 Å². The molecular weight excluding hydrogens is 326 g/mol. The number of ether oxygens (including phenoxy) is 1. The number of rotatable bonds is 4. The molecule has 0 amide bonds. The predicted molar refractivity (Wildman–Crippen MR) is 93.6 cm³/mol. The van der Waals surface area contributed by atoms with Crippen LogP contribution in [0.15, 0.2) is 36.4 Å². The van der Waals surface area contributed by atoms with E-state index in [1.807, 2.05) is 12.1 Å². The largest absolute Gasteiger partial charge is 0.454 e. The molecule has 0 atom stereocenters. The number of fused-ring (bicyclic) bond motifs is 1. The molecule has 0 aromatic heterocycles. The van der Waals surface area contributed by atoms with E-state index in [9.17, 15) is 9.59 Å². The molecule has 0 saturated carbocycles. The van der Waals surface area contributed by atoms with E-state index >= 15 is 0 Å². The van der Waals surface area contributed by atoms with E-state index < -0.39 is 5.97 Å². The van der Waals surface area contributed by atoms with E-state index in [1.165, 1.54) is 29.7 Å². The van der Waals surface area contributed by atoms with Gasteiger partial charge in [-0.3, -0.25) is 4.79 Å². The first-order chi connectivity index (χ1) is 11.5. The number of anilines is 1. The predicted octanol–water partition coefficient (Wildman–Crippen LogP) is 3.84. The summed E-state index contributed by atoms with van der Waals surface area (Å²) >= 11 is 5.80. The SMILES string of the molecule is Nc1cc(Cl)ccc1C(=O)OCC(=O)c1ccc2c(c1)CCCC2. The maximum atomic E-state index is 12.3. The fourth-order valence-electron chi connectivity index (χ4n) is 2.92. The van der Waals surface area contributed by atoms with Gasteiger partial charge in [-0.1, -0.05) is 23.7 Å². The van der Waals surface area contributed by atoms with Crippen LogP contribution < -0.4 is 5.73 Å². The highest BCUT2D eigenvalue weighted by molar-refractivity contribution is 6.31. The summed E-state index contributed by atoms with van der Waals surface area (Å²) in [6.45, 7) is -0.306. The van der Waals surface area contributed by atoms with Gasteiger partial charge in [-0.05, 0) is 61.1 Å². The summed E-state index contributed by atoms with van der Waals surface area (Å²) in [6, 6.07) is 10.2. The molecular formula is C19H18ClNO3. The Morgan fingerprint density at radius 1 is 1.04 bits per heavy atom. The molecule has 2 aromatic rings. The van der Waals surface area contributed by atoms with Crippen molar-refractivity contribution in [2.75, 3.05) is 12.3 Å². The first-order valence-corrected chi connectivity index (χ1v) is 8.29. The van der Waals surface area contributed by atoms with Crippen molar-refractivity contribution in [1.82, 2.24) is 0 Å². The first-order valence-electron chi connectivity index (χ1n) is 7.92. The molecule has 1 aliphatic carbocycles. The molecule has 1 aliphatic rings. The Balaban J connectivity index is 1.66. The molecule has 0 radical (unpaired) electrons. The van der Waals surface area contributed by atoms with Crippen LogP contribution in [-0.4, -0.2) is 18.4 Å². The summed E-state index contributed by atoms with van der Waals surface area (Å²) in [4.78, 5) is 24.3. The van der Waals surface area contributed by atoms with Crippen LogP contribution in [0.25, 0.3) is 0 Å². The van der Waals surface area contributed by atoms with Crippen molar-refractivity contribution in [3.63, 3.8) is 0 Å². The molecule has 0 fully saturated rings. The number of esters is 1. The maximum absolute atomic E-state index is 12.3. The van der Waals surface area contributed by atoms with Crippen molar-refractivity contribution in [2.45, 2.75) is 25.7 Å². The number of benzene rings is 2. The lowest BCUT2D eigenvalue weighted by Crippen LogP contribution is -2.16. The number of halogens is 1. The molecule has 0 saturated heterocycles. The zero-order valence-electron chi connectivity index (χ0n) is 13.2. The fourth-order valence-corrected chi connectivity index (χ4v) is 3.10. The van der Waals surface area contributed by atoms with Gasteiger partial charge in [0.1, 0.15) is 0 Å². The van der Waals surface area contributed by atoms with Gasteiger partial charge in [0.25, 0.3) is 0 Å². The Kier molecular flexibility index (Phi) is 4.86. The van der Waals surface area contributed by atoms with Crippen LogP contribution in [0.4, 0.5) is 5.69 Å². The van der Waals surface area contributed by atoms with Gasteiger partial charge >= 0.3 is 5.97 Å². The zero-order chi connectivity index (χ0) is 17.1. The van der Waals surface area contributed by atoms with Crippen LogP contribution >= 0.6 is 11.6 Å². The normalized spacial score (nSPS) is 13.2. The van der Waals surface area contributed by atoms with Crippen molar-refractivity contribution in [2.24, 2.45) is 0 Å². The summed E-state index contributed by atoms with van der Waals surface area (Å²) in [7, 11) is 0. The van der Waals surface area contributed by atoms with Gasteiger partial charge < -0.3 is 10.5 Å². The van der Waals surface area contributed by atoms with Crippen LogP contribution in [0, 0.1) is 0 Å². The van der Waals surface area contributed by atoms with E-state index in [-0.39, 0.29) is 23.6 Å². The van der Waals surface area contributed by atoms with E-state index in [0.717, 1.165) is 19.3 Å². The maximum Gasteiger partial charge on any atom is 0.340 e. The lowest BCUT2D eigenvalue weighted by Gasteiger charge is -2.16. The highest BCUT2D eigenvalue weighted by atomic mass is 35.5. The number of hydrogen-bond acceptors (Lipinski definition) is 4. The summed E-state index contributed by atoms with van der Waals surface area (Å²) in [6.07, 6.45) is 4.40.